The zero-order valence-electron chi connectivity index (χ0n) is 9.73. The monoisotopic (exact) mass is 216 g/mol. The number of hydrogen-bond acceptors (Lipinski definition) is 3. The third-order valence-electron chi connectivity index (χ3n) is 2.49. The molecule has 0 fully saturated rings. The van der Waals surface area contributed by atoms with Crippen LogP contribution in [0.4, 0.5) is 0 Å². The summed E-state index contributed by atoms with van der Waals surface area (Å²) < 4.78 is 0. The van der Waals surface area contributed by atoms with Gasteiger partial charge in [-0.25, -0.2) is 4.79 Å². The van der Waals surface area contributed by atoms with Gasteiger partial charge >= 0.3 is 5.97 Å². The van der Waals surface area contributed by atoms with Gasteiger partial charge in [-0.05, 0) is 12.3 Å². The quantitative estimate of drug-likeness (QED) is 0.692. The molecule has 0 radical (unpaired) electrons. The lowest BCUT2D eigenvalue weighted by molar-refractivity contribution is -0.150. The summed E-state index contributed by atoms with van der Waals surface area (Å²) in [6.45, 7) is 5.39. The molecule has 3 N–H and O–H groups in total. The van der Waals surface area contributed by atoms with E-state index in [1.54, 1.807) is 6.92 Å². The normalized spacial score (nSPS) is 14.8. The second-order valence-electron chi connectivity index (χ2n) is 3.98. The van der Waals surface area contributed by atoms with Crippen LogP contribution in [0.15, 0.2) is 0 Å². The molecule has 0 spiro atoms. The summed E-state index contributed by atoms with van der Waals surface area (Å²) in [7, 11) is 1.48. The first-order chi connectivity index (χ1) is 6.82. The molecule has 2 atom stereocenters. The second-order valence-corrected chi connectivity index (χ2v) is 3.98. The molecule has 5 nitrogen and oxygen atoms in total. The van der Waals surface area contributed by atoms with Gasteiger partial charge < -0.3 is 15.7 Å². The number of likely N-dealkylation sites (N-methyl/N-ethyl adjacent to an activating group) is 1. The van der Waals surface area contributed by atoms with Crippen molar-refractivity contribution >= 4 is 11.9 Å². The molecular weight excluding hydrogens is 196 g/mol. The van der Waals surface area contributed by atoms with Crippen molar-refractivity contribution < 1.29 is 14.7 Å². The number of amides is 1. The minimum absolute atomic E-state index is 0.00579. The van der Waals surface area contributed by atoms with Crippen molar-refractivity contribution in [1.82, 2.24) is 4.90 Å². The van der Waals surface area contributed by atoms with Gasteiger partial charge in [0.25, 0.3) is 0 Å². The Balaban J connectivity index is 4.61. The topological polar surface area (TPSA) is 83.6 Å². The number of carboxylic acid groups (broad SMARTS) is 1. The van der Waals surface area contributed by atoms with E-state index in [1.807, 2.05) is 13.8 Å². The molecule has 0 saturated carbocycles. The highest BCUT2D eigenvalue weighted by molar-refractivity contribution is 5.86. The van der Waals surface area contributed by atoms with Gasteiger partial charge in [-0.3, -0.25) is 4.79 Å². The molecule has 0 rings (SSSR count). The molecular formula is C10H20N2O3. The van der Waals surface area contributed by atoms with Crippen LogP contribution in [0, 0.1) is 5.92 Å². The molecule has 88 valence electrons. The number of nitrogens with zero attached hydrogens (tertiary/aromatic N) is 1. The van der Waals surface area contributed by atoms with Crippen molar-refractivity contribution in [2.24, 2.45) is 11.7 Å². The number of carboxylic acids is 1. The van der Waals surface area contributed by atoms with E-state index in [4.69, 9.17) is 10.8 Å². The Hall–Kier alpha value is -1.10. The minimum Gasteiger partial charge on any atom is -0.480 e. The second kappa shape index (κ2) is 5.70. The highest BCUT2D eigenvalue weighted by atomic mass is 16.4. The first-order valence-corrected chi connectivity index (χ1v) is 5.07. The third kappa shape index (κ3) is 3.51. The Morgan fingerprint density at radius 1 is 1.40 bits per heavy atom. The van der Waals surface area contributed by atoms with Crippen LogP contribution in [-0.2, 0) is 9.59 Å². The van der Waals surface area contributed by atoms with Gasteiger partial charge in [0.1, 0.15) is 6.04 Å². The molecule has 0 saturated heterocycles. The van der Waals surface area contributed by atoms with E-state index in [0.717, 1.165) is 0 Å². The summed E-state index contributed by atoms with van der Waals surface area (Å²) in [4.78, 5) is 23.8. The molecule has 0 aliphatic heterocycles. The number of aliphatic carboxylic acids is 1. The molecule has 0 aromatic rings. The van der Waals surface area contributed by atoms with Gasteiger partial charge in [-0.15, -0.1) is 0 Å². The van der Waals surface area contributed by atoms with E-state index in [0.29, 0.717) is 6.42 Å². The third-order valence-corrected chi connectivity index (χ3v) is 2.49. The van der Waals surface area contributed by atoms with Gasteiger partial charge in [0, 0.05) is 7.05 Å². The van der Waals surface area contributed by atoms with Crippen molar-refractivity contribution in [3.63, 3.8) is 0 Å². The maximum atomic E-state index is 11.7. The summed E-state index contributed by atoms with van der Waals surface area (Å²) in [5.74, 6) is -1.31. The Morgan fingerprint density at radius 3 is 2.13 bits per heavy atom. The van der Waals surface area contributed by atoms with Crippen LogP contribution < -0.4 is 5.73 Å². The van der Waals surface area contributed by atoms with Gasteiger partial charge in [0.15, 0.2) is 0 Å². The smallest absolute Gasteiger partial charge is 0.326 e. The fourth-order valence-electron chi connectivity index (χ4n) is 1.29. The number of carbonyl (C=O) groups excluding carboxylic acids is 1. The van der Waals surface area contributed by atoms with E-state index in [9.17, 15) is 9.59 Å². The zero-order chi connectivity index (χ0) is 12.2. The molecule has 5 heteroatoms. The van der Waals surface area contributed by atoms with E-state index < -0.39 is 18.1 Å². The molecule has 0 aliphatic carbocycles. The number of hydrogen-bond donors (Lipinski definition) is 2. The average Bonchev–Trinajstić information content (AvgIpc) is 2.15. The van der Waals surface area contributed by atoms with Crippen molar-refractivity contribution in [1.29, 1.82) is 0 Å². The molecule has 0 bridgehead atoms. The van der Waals surface area contributed by atoms with Gasteiger partial charge in [-0.1, -0.05) is 20.8 Å². The van der Waals surface area contributed by atoms with Crippen molar-refractivity contribution in [2.45, 2.75) is 39.3 Å². The molecule has 15 heavy (non-hydrogen) atoms. The fraction of sp³-hybridized carbons (Fsp3) is 0.800. The Kier molecular flexibility index (Phi) is 5.28. The lowest BCUT2D eigenvalue weighted by Gasteiger charge is -2.27. The summed E-state index contributed by atoms with van der Waals surface area (Å²) in [5.41, 5.74) is 5.67. The van der Waals surface area contributed by atoms with Crippen molar-refractivity contribution in [3.8, 4) is 0 Å². The van der Waals surface area contributed by atoms with Crippen LogP contribution in [-0.4, -0.2) is 41.0 Å². The predicted molar refractivity (Wildman–Crippen MR) is 57.3 cm³/mol. The fourth-order valence-corrected chi connectivity index (χ4v) is 1.29. The average molecular weight is 216 g/mol. The lowest BCUT2D eigenvalue weighted by Crippen LogP contribution is -2.50. The number of carbonyl (C=O) groups is 2. The van der Waals surface area contributed by atoms with Gasteiger partial charge in [0.2, 0.25) is 5.91 Å². The molecule has 1 amide bonds. The minimum atomic E-state index is -0.996. The van der Waals surface area contributed by atoms with E-state index in [2.05, 4.69) is 0 Å². The number of rotatable bonds is 5. The summed E-state index contributed by atoms with van der Waals surface area (Å²) in [6.07, 6.45) is 0.377. The van der Waals surface area contributed by atoms with E-state index >= 15 is 0 Å². The Bertz CT molecular complexity index is 241. The summed E-state index contributed by atoms with van der Waals surface area (Å²) in [6, 6.07) is -1.43. The van der Waals surface area contributed by atoms with Crippen LogP contribution in [0.2, 0.25) is 0 Å². The lowest BCUT2D eigenvalue weighted by atomic mass is 10.0. The SMILES string of the molecule is CCC(C(=O)O)N(C)C(=O)[C@H](N)C(C)C. The maximum absolute atomic E-state index is 11.7. The van der Waals surface area contributed by atoms with Crippen LogP contribution in [0.5, 0.6) is 0 Å². The van der Waals surface area contributed by atoms with E-state index in [1.165, 1.54) is 11.9 Å². The number of nitrogens with two attached hydrogens (primary N) is 1. The first-order valence-electron chi connectivity index (χ1n) is 5.07. The van der Waals surface area contributed by atoms with Crippen LogP contribution in [0.1, 0.15) is 27.2 Å². The van der Waals surface area contributed by atoms with Crippen molar-refractivity contribution in [2.75, 3.05) is 7.05 Å². The van der Waals surface area contributed by atoms with Gasteiger partial charge in [-0.2, -0.15) is 0 Å². The van der Waals surface area contributed by atoms with E-state index in [-0.39, 0.29) is 11.8 Å². The standard InChI is InChI=1S/C10H20N2O3/c1-5-7(10(14)15)12(4)9(13)8(11)6(2)3/h6-8H,5,11H2,1-4H3,(H,14,15)/t7?,8-/m1/s1. The zero-order valence-corrected chi connectivity index (χ0v) is 9.73. The summed E-state index contributed by atoms with van der Waals surface area (Å²) >= 11 is 0. The van der Waals surface area contributed by atoms with Crippen LogP contribution in [0.25, 0.3) is 0 Å². The maximum Gasteiger partial charge on any atom is 0.326 e. The highest BCUT2D eigenvalue weighted by Crippen LogP contribution is 2.08. The molecule has 0 aromatic heterocycles. The largest absolute Gasteiger partial charge is 0.480 e. The summed E-state index contributed by atoms with van der Waals surface area (Å²) in [5, 5.41) is 8.88. The molecule has 0 heterocycles. The molecule has 0 aliphatic rings. The Morgan fingerprint density at radius 2 is 1.87 bits per heavy atom. The Labute approximate surface area is 90.2 Å². The van der Waals surface area contributed by atoms with Crippen molar-refractivity contribution in [3.05, 3.63) is 0 Å². The first kappa shape index (κ1) is 13.9. The highest BCUT2D eigenvalue weighted by Gasteiger charge is 2.29. The van der Waals surface area contributed by atoms with Gasteiger partial charge in [0.05, 0.1) is 6.04 Å². The molecule has 0 aromatic carbocycles. The molecule has 1 unspecified atom stereocenters. The van der Waals surface area contributed by atoms with Crippen LogP contribution in [0.3, 0.4) is 0 Å². The van der Waals surface area contributed by atoms with Crippen LogP contribution >= 0.6 is 0 Å². The predicted octanol–water partition coefficient (Wildman–Crippen LogP) is 0.291.